The molecule has 25 heteroatoms. The quantitative estimate of drug-likeness (QED) is 0.0752. The lowest BCUT2D eigenvalue weighted by Crippen LogP contribution is -2.23. The molecule has 0 bridgehead atoms. The molecule has 0 aliphatic carbocycles. The number of halogens is 20. The van der Waals surface area contributed by atoms with Crippen molar-refractivity contribution in [3.05, 3.63) is 116 Å². The number of benzene rings is 4. The molecule has 4 rings (SSSR count). The van der Waals surface area contributed by atoms with Gasteiger partial charge in [-0.1, -0.05) is 0 Å². The molecule has 0 amide bonds. The lowest BCUT2D eigenvalue weighted by Gasteiger charge is -2.41. The minimum Gasteiger partial charge on any atom is -0.296 e. The Morgan fingerprint density at radius 2 is 0.286 bits per heavy atom. The van der Waals surface area contributed by atoms with E-state index in [1.54, 1.807) is 0 Å². The van der Waals surface area contributed by atoms with Gasteiger partial charge >= 0.3 is 0 Å². The Hall–Kier alpha value is -3.06. The molecule has 0 nitrogen and oxygen atoms in total. The Balaban J connectivity index is 2.21. The smallest absolute Gasteiger partial charge is 0.232 e. The van der Waals surface area contributed by atoms with Crippen molar-refractivity contribution >= 4 is 49.7 Å². The summed E-state index contributed by atoms with van der Waals surface area (Å²) in [7, 11) is 0. The normalized spacial score (nSPS) is 12.0. The number of rotatable bonds is 8. The van der Waals surface area contributed by atoms with E-state index in [0.29, 0.717) is 0 Å². The Labute approximate surface area is 273 Å². The number of hydrogen-bond donors (Lipinski definition) is 0. The molecule has 0 unspecified atom stereocenters. The van der Waals surface area contributed by atoms with Gasteiger partial charge in [0.25, 0.3) is 0 Å². The van der Waals surface area contributed by atoms with Crippen LogP contribution in [-0.2, 0) is 0 Å². The Bertz CT molecular complexity index is 1650. The minimum absolute atomic E-state index is 1.25. The summed E-state index contributed by atoms with van der Waals surface area (Å²) in [6.45, 7) is 0. The van der Waals surface area contributed by atoms with Crippen molar-refractivity contribution in [3.63, 3.8) is 0 Å². The molecule has 0 aromatic heterocycles. The van der Waals surface area contributed by atoms with Gasteiger partial charge in [0, 0.05) is 19.6 Å². The average molecular weight is 807 g/mol. The van der Waals surface area contributed by atoms with Crippen LogP contribution in [0.25, 0.3) is 0 Å². The van der Waals surface area contributed by atoms with E-state index in [9.17, 15) is 87.8 Å². The molecule has 4 aromatic carbocycles. The van der Waals surface area contributed by atoms with Crippen LogP contribution >= 0.6 is 46.5 Å². The van der Waals surface area contributed by atoms with Crippen LogP contribution in [0.4, 0.5) is 87.8 Å². The SMILES string of the molecule is Fc1c(F)c(F)c(S[B-](Sc2c(F)c(F)c(F)c(F)c2F)(Sc2c(F)c(F)c(F)c(F)c2F)Sc2c(F)c(F)c(F)c(F)c2F)c(F)c1F. The maximum absolute atomic E-state index is 14.9. The van der Waals surface area contributed by atoms with Crippen molar-refractivity contribution in [1.82, 2.24) is 0 Å². The fraction of sp³-hybridized carbons (Fsp3) is 0. The fourth-order valence-corrected chi connectivity index (χ4v) is 10.8. The summed E-state index contributed by atoms with van der Waals surface area (Å²) in [4.78, 5) is -9.55. The molecule has 0 saturated heterocycles. The predicted octanol–water partition coefficient (Wildman–Crippen LogP) is 11.4. The van der Waals surface area contributed by atoms with E-state index in [1.165, 1.54) is 0 Å². The van der Waals surface area contributed by atoms with E-state index in [-0.39, 0.29) is 0 Å². The molecule has 4 aromatic rings. The summed E-state index contributed by atoms with van der Waals surface area (Å²) in [6, 6.07) is 0. The van der Waals surface area contributed by atoms with E-state index in [0.717, 1.165) is 0 Å². The highest BCUT2D eigenvalue weighted by atomic mass is 32.3. The Morgan fingerprint density at radius 3 is 0.408 bits per heavy atom. The second kappa shape index (κ2) is 13.9. The molecule has 0 fully saturated rings. The van der Waals surface area contributed by atoms with Gasteiger partial charge in [-0.05, 0) is 0 Å². The molecule has 0 radical (unpaired) electrons. The zero-order valence-electron chi connectivity index (χ0n) is 21.8. The van der Waals surface area contributed by atoms with Gasteiger partial charge in [0.1, 0.15) is 0 Å². The predicted molar refractivity (Wildman–Crippen MR) is 134 cm³/mol. The zero-order valence-corrected chi connectivity index (χ0v) is 25.0. The molecule has 0 atom stereocenters. The molecule has 0 aliphatic rings. The van der Waals surface area contributed by atoms with E-state index >= 15 is 0 Å². The zero-order chi connectivity index (χ0) is 37.2. The van der Waals surface area contributed by atoms with Crippen molar-refractivity contribution in [2.45, 2.75) is 19.6 Å². The van der Waals surface area contributed by atoms with Crippen molar-refractivity contribution in [1.29, 1.82) is 0 Å². The topological polar surface area (TPSA) is 0 Å². The molecule has 0 saturated carbocycles. The highest BCUT2D eigenvalue weighted by Gasteiger charge is 2.41. The maximum atomic E-state index is 14.9. The summed E-state index contributed by atoms with van der Waals surface area (Å²) < 4.78 is 282. The van der Waals surface area contributed by atoms with Gasteiger partial charge in [0.05, 0.1) is 0 Å². The third-order valence-electron chi connectivity index (χ3n) is 5.73. The standard InChI is InChI=1S/C24BF20S4/c26-1-5(30)13(38)21(14(39)6(1)31)46-25(47-22-15(40)7(32)2(27)8(33)16(22)41,48-23-17(42)9(34)3(28)10(35)18(23)43)49-24-19(44)11(36)4(29)12(37)20(24)45/q-1. The summed E-state index contributed by atoms with van der Waals surface area (Å²) in [6.07, 6.45) is 0. The molecular weight excluding hydrogens is 807 g/mol. The Kier molecular flexibility index (Phi) is 11.0. The lowest BCUT2D eigenvalue weighted by molar-refractivity contribution is 0.361. The van der Waals surface area contributed by atoms with Crippen LogP contribution in [0.5, 0.6) is 0 Å². The maximum Gasteiger partial charge on any atom is 0.232 e. The molecule has 0 N–H and O–H groups in total. The van der Waals surface area contributed by atoms with Gasteiger partial charge in [0.15, 0.2) is 93.1 Å². The van der Waals surface area contributed by atoms with Gasteiger partial charge in [0.2, 0.25) is 26.5 Å². The van der Waals surface area contributed by atoms with Gasteiger partial charge in [-0.15, -0.1) is 0 Å². The van der Waals surface area contributed by atoms with Crippen LogP contribution in [0, 0.1) is 116 Å². The second-order valence-corrected chi connectivity index (χ2v) is 15.8. The van der Waals surface area contributed by atoms with E-state index in [1.807, 2.05) is 0 Å². The first-order valence-corrected chi connectivity index (χ1v) is 15.1. The highest BCUT2D eigenvalue weighted by molar-refractivity contribution is 9.00. The average Bonchev–Trinajstić information content (AvgIpc) is 3.08. The molecule has 0 heterocycles. The van der Waals surface area contributed by atoms with Crippen molar-refractivity contribution < 1.29 is 87.8 Å². The minimum atomic E-state index is -5.12. The third kappa shape index (κ3) is 6.50. The summed E-state index contributed by atoms with van der Waals surface area (Å²) >= 11 is -5.00. The summed E-state index contributed by atoms with van der Waals surface area (Å²) in [5.41, 5.74) is 0. The molecule has 0 spiro atoms. The van der Waals surface area contributed by atoms with Crippen LogP contribution in [0.1, 0.15) is 0 Å². The van der Waals surface area contributed by atoms with Gasteiger partial charge in [-0.3, -0.25) is 46.5 Å². The van der Waals surface area contributed by atoms with Crippen LogP contribution in [-0.4, -0.2) is 3.26 Å². The fourth-order valence-electron chi connectivity index (χ4n) is 3.47. The van der Waals surface area contributed by atoms with Crippen LogP contribution in [0.3, 0.4) is 0 Å². The lowest BCUT2D eigenvalue weighted by atomic mass is 10.3. The van der Waals surface area contributed by atoms with Gasteiger partial charge in [-0.25, -0.2) is 87.8 Å². The number of hydrogen-bond acceptors (Lipinski definition) is 4. The van der Waals surface area contributed by atoms with Crippen molar-refractivity contribution in [3.8, 4) is 0 Å². The first kappa shape index (κ1) is 38.7. The monoisotopic (exact) mass is 807 g/mol. The molecule has 49 heavy (non-hydrogen) atoms. The van der Waals surface area contributed by atoms with Crippen LogP contribution < -0.4 is 0 Å². The molecule has 264 valence electrons. The van der Waals surface area contributed by atoms with E-state index < -0.39 is 186 Å². The first-order chi connectivity index (χ1) is 22.6. The third-order valence-corrected chi connectivity index (χ3v) is 12.7. The molecule has 0 aliphatic heterocycles. The first-order valence-electron chi connectivity index (χ1n) is 11.5. The van der Waals surface area contributed by atoms with Gasteiger partial charge < -0.3 is 0 Å². The second-order valence-electron chi connectivity index (χ2n) is 8.64. The largest absolute Gasteiger partial charge is 0.296 e. The van der Waals surface area contributed by atoms with E-state index in [2.05, 4.69) is 0 Å². The van der Waals surface area contributed by atoms with Crippen molar-refractivity contribution in [2.75, 3.05) is 0 Å². The Morgan fingerprint density at radius 1 is 0.184 bits per heavy atom. The highest BCUT2D eigenvalue weighted by Crippen LogP contribution is 2.62. The van der Waals surface area contributed by atoms with E-state index in [4.69, 9.17) is 0 Å². The summed E-state index contributed by atoms with van der Waals surface area (Å²) in [5.74, 6) is -58.9. The van der Waals surface area contributed by atoms with Gasteiger partial charge in [-0.2, -0.15) is 0 Å². The molecular formula is C24BF20S4-. The van der Waals surface area contributed by atoms with Crippen molar-refractivity contribution in [2.24, 2.45) is 0 Å². The van der Waals surface area contributed by atoms with Crippen LogP contribution in [0.2, 0.25) is 0 Å². The summed E-state index contributed by atoms with van der Waals surface area (Å²) in [5, 5.41) is 0. The van der Waals surface area contributed by atoms with Crippen LogP contribution in [0.15, 0.2) is 19.6 Å².